The van der Waals surface area contributed by atoms with Crippen molar-refractivity contribution in [3.05, 3.63) is 0 Å². The third-order valence-corrected chi connectivity index (χ3v) is 0. The predicted octanol–water partition coefficient (Wildman–Crippen LogP) is -1.08. The van der Waals surface area contributed by atoms with Crippen molar-refractivity contribution in [1.29, 1.82) is 0 Å². The van der Waals surface area contributed by atoms with Crippen LogP contribution in [-0.2, 0) is 19.5 Å². The average Bonchev–Trinajstić information content (AvgIpc) is 0.811. The molecule has 5 heteroatoms. The van der Waals surface area contributed by atoms with Gasteiger partial charge < -0.3 is 0 Å². The molecule has 0 heterocycles. The molecule has 0 aliphatic carbocycles. The van der Waals surface area contributed by atoms with E-state index in [-0.39, 0.29) is 19.5 Å². The van der Waals surface area contributed by atoms with Crippen LogP contribution in [0.2, 0.25) is 0 Å². The van der Waals surface area contributed by atoms with Gasteiger partial charge in [0.05, 0.1) is 0 Å². The van der Waals surface area contributed by atoms with Gasteiger partial charge in [-0.05, 0) is 0 Å². The predicted molar refractivity (Wildman–Crippen MR) is 15.0 cm³/mol. The molecule has 3 nitrogen and oxygen atoms in total. The summed E-state index contributed by atoms with van der Waals surface area (Å²) in [5.41, 5.74) is 0. The Morgan fingerprint density at radius 2 is 1.00 bits per heavy atom. The molecule has 0 amide bonds. The SMILES string of the molecule is O[PH+](O)O.[Rh]. The van der Waals surface area contributed by atoms with E-state index in [4.69, 9.17) is 14.7 Å². The number of hydrogen-bond acceptors (Lipinski definition) is 3. The molecule has 0 atom stereocenters. The third-order valence-electron chi connectivity index (χ3n) is 0. The van der Waals surface area contributed by atoms with Gasteiger partial charge >= 0.3 is 8.60 Å². The van der Waals surface area contributed by atoms with Crippen molar-refractivity contribution in [3.8, 4) is 0 Å². The molecule has 0 aliphatic heterocycles. The molecule has 35 valence electrons. The molecule has 0 spiro atoms. The molecule has 0 aromatic heterocycles. The van der Waals surface area contributed by atoms with Crippen LogP contribution in [0.5, 0.6) is 0 Å². The molecule has 1 radical (unpaired) electrons. The van der Waals surface area contributed by atoms with Gasteiger partial charge in [-0.3, -0.25) is 0 Å². The minimum absolute atomic E-state index is 0. The molecule has 0 saturated carbocycles. The zero-order valence-electron chi connectivity index (χ0n) is 2.17. The smallest absolute Gasteiger partial charge is 0.195 e. The average molecular weight is 186 g/mol. The summed E-state index contributed by atoms with van der Waals surface area (Å²) in [5, 5.41) is 0. The van der Waals surface area contributed by atoms with Crippen LogP contribution in [0.15, 0.2) is 0 Å². The maximum Gasteiger partial charge on any atom is 0.390 e. The maximum absolute atomic E-state index is 7.27. The summed E-state index contributed by atoms with van der Waals surface area (Å²) in [6.07, 6.45) is 0. The van der Waals surface area contributed by atoms with Crippen molar-refractivity contribution >= 4 is 8.60 Å². The van der Waals surface area contributed by atoms with E-state index in [0.29, 0.717) is 0 Å². The van der Waals surface area contributed by atoms with Crippen LogP contribution in [0.1, 0.15) is 0 Å². The fourth-order valence-corrected chi connectivity index (χ4v) is 0. The second-order valence-corrected chi connectivity index (χ2v) is 0.900. The van der Waals surface area contributed by atoms with Gasteiger partial charge in [-0.1, -0.05) is 0 Å². The molecule has 3 N–H and O–H groups in total. The Balaban J connectivity index is 0. The van der Waals surface area contributed by atoms with Crippen molar-refractivity contribution < 1.29 is 34.2 Å². The Morgan fingerprint density at radius 3 is 1.00 bits per heavy atom. The molecular weight excluding hydrogens is 182 g/mol. The van der Waals surface area contributed by atoms with E-state index in [1.54, 1.807) is 0 Å². The van der Waals surface area contributed by atoms with Crippen LogP contribution >= 0.6 is 8.60 Å². The molecular formula is H4O3PRh+. The number of hydrogen-bond donors (Lipinski definition) is 3. The summed E-state index contributed by atoms with van der Waals surface area (Å²) in [4.78, 5) is 21.8. The summed E-state index contributed by atoms with van der Waals surface area (Å²) in [6, 6.07) is 0. The molecule has 0 aromatic rings. The minimum Gasteiger partial charge on any atom is -0.195 e. The summed E-state index contributed by atoms with van der Waals surface area (Å²) in [6.45, 7) is 0. The standard InChI is InChI=1S/H4O3P.Rh/c1-4(2)3;/h1-4H;/q+1;. The Hall–Kier alpha value is 0.933. The van der Waals surface area contributed by atoms with Gasteiger partial charge in [-0.15, -0.1) is 0 Å². The molecule has 5 heavy (non-hydrogen) atoms. The van der Waals surface area contributed by atoms with Crippen molar-refractivity contribution in [1.82, 2.24) is 0 Å². The quantitative estimate of drug-likeness (QED) is 0.333. The fourth-order valence-electron chi connectivity index (χ4n) is 0. The zero-order valence-corrected chi connectivity index (χ0v) is 4.81. The zero-order chi connectivity index (χ0) is 3.58. The van der Waals surface area contributed by atoms with E-state index < -0.39 is 8.60 Å². The molecule has 0 aliphatic rings. The summed E-state index contributed by atoms with van der Waals surface area (Å²) in [7, 11) is -2.88. The molecule has 0 saturated heterocycles. The van der Waals surface area contributed by atoms with Gasteiger partial charge in [0.1, 0.15) is 0 Å². The van der Waals surface area contributed by atoms with Gasteiger partial charge in [-0.25, -0.2) is 0 Å². The second-order valence-electron chi connectivity index (χ2n) is 0.300. The van der Waals surface area contributed by atoms with Crippen molar-refractivity contribution in [2.75, 3.05) is 0 Å². The van der Waals surface area contributed by atoms with Crippen LogP contribution in [0.4, 0.5) is 0 Å². The Labute approximate surface area is 43.4 Å². The Kier molecular flexibility index (Phi) is 9.21. The molecule has 0 rings (SSSR count). The Bertz CT molecular complexity index is 11.6. The molecule has 0 fully saturated rings. The molecule has 0 unspecified atom stereocenters. The topological polar surface area (TPSA) is 60.7 Å². The van der Waals surface area contributed by atoms with E-state index in [1.807, 2.05) is 0 Å². The summed E-state index contributed by atoms with van der Waals surface area (Å²) in [5.74, 6) is 0. The monoisotopic (exact) mass is 186 g/mol. The van der Waals surface area contributed by atoms with Crippen LogP contribution in [-0.4, -0.2) is 14.7 Å². The minimum atomic E-state index is -2.88. The summed E-state index contributed by atoms with van der Waals surface area (Å²) < 4.78 is 0. The van der Waals surface area contributed by atoms with Crippen LogP contribution in [0.3, 0.4) is 0 Å². The van der Waals surface area contributed by atoms with E-state index in [1.165, 1.54) is 0 Å². The van der Waals surface area contributed by atoms with Crippen LogP contribution in [0, 0.1) is 0 Å². The van der Waals surface area contributed by atoms with E-state index in [2.05, 4.69) is 0 Å². The Morgan fingerprint density at radius 1 is 1.00 bits per heavy atom. The fraction of sp³-hybridized carbons (Fsp3) is 0. The third kappa shape index (κ3) is 48.7. The van der Waals surface area contributed by atoms with Gasteiger partial charge in [-0.2, -0.15) is 14.7 Å². The van der Waals surface area contributed by atoms with Crippen molar-refractivity contribution in [3.63, 3.8) is 0 Å². The van der Waals surface area contributed by atoms with Crippen LogP contribution in [0.25, 0.3) is 0 Å². The summed E-state index contributed by atoms with van der Waals surface area (Å²) >= 11 is 0. The van der Waals surface area contributed by atoms with Crippen LogP contribution < -0.4 is 0 Å². The first-order valence-electron chi connectivity index (χ1n) is 0.671. The van der Waals surface area contributed by atoms with Gasteiger partial charge in [0.2, 0.25) is 0 Å². The first-order chi connectivity index (χ1) is 1.73. The van der Waals surface area contributed by atoms with E-state index in [0.717, 1.165) is 0 Å². The number of rotatable bonds is 0. The molecule has 0 bridgehead atoms. The first-order valence-corrected chi connectivity index (χ1v) is 2.01. The largest absolute Gasteiger partial charge is 0.390 e. The van der Waals surface area contributed by atoms with Crippen molar-refractivity contribution in [2.24, 2.45) is 0 Å². The van der Waals surface area contributed by atoms with E-state index in [9.17, 15) is 0 Å². The van der Waals surface area contributed by atoms with Gasteiger partial charge in [0.25, 0.3) is 0 Å². The normalized spacial score (nSPS) is 7.20. The maximum atomic E-state index is 7.27. The van der Waals surface area contributed by atoms with E-state index >= 15 is 0 Å². The van der Waals surface area contributed by atoms with Gasteiger partial charge in [0, 0.05) is 19.5 Å². The molecule has 0 aromatic carbocycles. The second kappa shape index (κ2) is 4.93. The first kappa shape index (κ1) is 9.33. The van der Waals surface area contributed by atoms with Gasteiger partial charge in [0.15, 0.2) is 0 Å². The van der Waals surface area contributed by atoms with Crippen molar-refractivity contribution in [2.45, 2.75) is 0 Å².